The fraction of sp³-hybridized carbons (Fsp3) is 0.440. The number of nitro benzene ring substituents is 1. The maximum Gasteiger partial charge on any atom is 0.271 e. The van der Waals surface area contributed by atoms with Crippen molar-refractivity contribution in [1.29, 1.82) is 0 Å². The van der Waals surface area contributed by atoms with E-state index in [2.05, 4.69) is 5.32 Å². The molecule has 1 N–H and O–H groups in total. The van der Waals surface area contributed by atoms with Crippen LogP contribution in [0.1, 0.15) is 44.6 Å². The van der Waals surface area contributed by atoms with Crippen molar-refractivity contribution < 1.29 is 27.3 Å². The van der Waals surface area contributed by atoms with Crippen LogP contribution in [0.3, 0.4) is 0 Å². The highest BCUT2D eigenvalue weighted by atomic mass is 32.2. The molecule has 1 fully saturated rings. The maximum atomic E-state index is 13.5. The van der Waals surface area contributed by atoms with E-state index in [-0.39, 0.29) is 29.9 Å². The Morgan fingerprint density at radius 1 is 1.14 bits per heavy atom. The standard InChI is InChI=1S/C25H31FN4O6S/c1-18(25(32)27-21-7-4-3-5-8-21)28(16-19-11-13-20(26)14-12-19)24(31)17-29(37(2,35)36)22-9-6-10-23(15-22)30(33)34/h6,9-15,18,21H,3-5,7-8,16-17H2,1-2H3,(H,27,32). The van der Waals surface area contributed by atoms with Crippen molar-refractivity contribution in [3.63, 3.8) is 0 Å². The number of non-ortho nitro benzene ring substituents is 1. The predicted octanol–water partition coefficient (Wildman–Crippen LogP) is 3.37. The van der Waals surface area contributed by atoms with Gasteiger partial charge in [0.25, 0.3) is 5.69 Å². The van der Waals surface area contributed by atoms with E-state index < -0.39 is 39.3 Å². The van der Waals surface area contributed by atoms with Gasteiger partial charge < -0.3 is 10.2 Å². The number of rotatable bonds is 10. The lowest BCUT2D eigenvalue weighted by Crippen LogP contribution is -2.52. The van der Waals surface area contributed by atoms with Gasteiger partial charge in [0.15, 0.2) is 0 Å². The van der Waals surface area contributed by atoms with Gasteiger partial charge in [-0.15, -0.1) is 0 Å². The van der Waals surface area contributed by atoms with Crippen LogP contribution in [0.5, 0.6) is 0 Å². The first-order valence-electron chi connectivity index (χ1n) is 12.0. The second-order valence-electron chi connectivity index (χ2n) is 9.21. The van der Waals surface area contributed by atoms with Crippen molar-refractivity contribution in [3.05, 3.63) is 70.0 Å². The van der Waals surface area contributed by atoms with E-state index >= 15 is 0 Å². The third kappa shape index (κ3) is 7.72. The number of nitro groups is 1. The van der Waals surface area contributed by atoms with Crippen molar-refractivity contribution >= 4 is 33.2 Å². The van der Waals surface area contributed by atoms with Gasteiger partial charge in [-0.3, -0.25) is 24.0 Å². The van der Waals surface area contributed by atoms with Gasteiger partial charge in [-0.2, -0.15) is 0 Å². The lowest BCUT2D eigenvalue weighted by molar-refractivity contribution is -0.384. The van der Waals surface area contributed by atoms with E-state index in [0.717, 1.165) is 48.7 Å². The molecule has 2 amide bonds. The quantitative estimate of drug-likeness (QED) is 0.368. The van der Waals surface area contributed by atoms with E-state index in [1.807, 2.05) is 0 Å². The lowest BCUT2D eigenvalue weighted by atomic mass is 9.95. The zero-order valence-corrected chi connectivity index (χ0v) is 21.6. The second kappa shape index (κ2) is 12.1. The molecule has 0 heterocycles. The smallest absolute Gasteiger partial charge is 0.271 e. The fourth-order valence-electron chi connectivity index (χ4n) is 4.31. The molecule has 0 aromatic heterocycles. The number of benzene rings is 2. The Bertz CT molecular complexity index is 1230. The Kier molecular flexibility index (Phi) is 9.19. The van der Waals surface area contributed by atoms with Gasteiger partial charge in [-0.05, 0) is 43.5 Å². The van der Waals surface area contributed by atoms with Crippen molar-refractivity contribution in [2.45, 2.75) is 57.7 Å². The average molecular weight is 535 g/mol. The summed E-state index contributed by atoms with van der Waals surface area (Å²) >= 11 is 0. The molecule has 0 aliphatic heterocycles. The van der Waals surface area contributed by atoms with Crippen molar-refractivity contribution in [2.75, 3.05) is 17.1 Å². The number of carbonyl (C=O) groups is 2. The summed E-state index contributed by atoms with van der Waals surface area (Å²) in [6.07, 6.45) is 5.70. The normalized spacial score (nSPS) is 15.0. The number of sulfonamides is 1. The van der Waals surface area contributed by atoms with Gasteiger partial charge in [0.2, 0.25) is 21.8 Å². The molecular weight excluding hydrogens is 503 g/mol. The molecule has 0 bridgehead atoms. The molecule has 2 aromatic carbocycles. The van der Waals surface area contributed by atoms with E-state index in [1.165, 1.54) is 47.4 Å². The highest BCUT2D eigenvalue weighted by Gasteiger charge is 2.31. The number of hydrogen-bond donors (Lipinski definition) is 1. The minimum Gasteiger partial charge on any atom is -0.352 e. The Morgan fingerprint density at radius 2 is 1.78 bits per heavy atom. The molecule has 1 atom stereocenters. The number of anilines is 1. The van der Waals surface area contributed by atoms with Crippen molar-refractivity contribution in [1.82, 2.24) is 10.2 Å². The average Bonchev–Trinajstić information content (AvgIpc) is 2.86. The summed E-state index contributed by atoms with van der Waals surface area (Å²) < 4.78 is 39.4. The summed E-state index contributed by atoms with van der Waals surface area (Å²) in [4.78, 5) is 38.4. The minimum atomic E-state index is -4.02. The molecule has 1 saturated carbocycles. The second-order valence-corrected chi connectivity index (χ2v) is 11.1. The SMILES string of the molecule is CC(C(=O)NC1CCCCC1)N(Cc1ccc(F)cc1)C(=O)CN(c1cccc([N+](=O)[O-])c1)S(C)(=O)=O. The maximum absolute atomic E-state index is 13.5. The van der Waals surface area contributed by atoms with Gasteiger partial charge in [0.05, 0.1) is 16.9 Å². The molecule has 12 heteroatoms. The molecule has 0 saturated heterocycles. The first-order valence-corrected chi connectivity index (χ1v) is 13.9. The topological polar surface area (TPSA) is 130 Å². The molecule has 0 spiro atoms. The lowest BCUT2D eigenvalue weighted by Gasteiger charge is -2.33. The number of nitrogens with zero attached hydrogens (tertiary/aromatic N) is 3. The van der Waals surface area contributed by atoms with Crippen molar-refractivity contribution in [2.24, 2.45) is 0 Å². The molecular formula is C25H31FN4O6S. The van der Waals surface area contributed by atoms with Crippen LogP contribution in [0.4, 0.5) is 15.8 Å². The molecule has 10 nitrogen and oxygen atoms in total. The monoisotopic (exact) mass is 534 g/mol. The Hall–Kier alpha value is -3.54. The predicted molar refractivity (Wildman–Crippen MR) is 137 cm³/mol. The molecule has 200 valence electrons. The summed E-state index contributed by atoms with van der Waals surface area (Å²) in [5.41, 5.74) is 0.168. The highest BCUT2D eigenvalue weighted by Crippen LogP contribution is 2.24. The van der Waals surface area contributed by atoms with Crippen LogP contribution >= 0.6 is 0 Å². The van der Waals surface area contributed by atoms with Crippen molar-refractivity contribution in [3.8, 4) is 0 Å². The zero-order valence-electron chi connectivity index (χ0n) is 20.8. The Labute approximate surface area is 215 Å². The first-order chi connectivity index (χ1) is 17.5. The van der Waals surface area contributed by atoms with Crippen LogP contribution in [0, 0.1) is 15.9 Å². The Morgan fingerprint density at radius 3 is 2.38 bits per heavy atom. The third-order valence-electron chi connectivity index (χ3n) is 6.39. The van der Waals surface area contributed by atoms with Gasteiger partial charge in [0, 0.05) is 24.7 Å². The summed E-state index contributed by atoms with van der Waals surface area (Å²) in [5, 5.41) is 14.2. The van der Waals surface area contributed by atoms with Gasteiger partial charge in [-0.25, -0.2) is 12.8 Å². The van der Waals surface area contributed by atoms with Crippen LogP contribution in [-0.2, 0) is 26.2 Å². The summed E-state index contributed by atoms with van der Waals surface area (Å²) in [6, 6.07) is 9.44. The summed E-state index contributed by atoms with van der Waals surface area (Å²) in [5.74, 6) is -1.52. The molecule has 2 aromatic rings. The van der Waals surface area contributed by atoms with E-state index in [9.17, 15) is 32.5 Å². The first kappa shape index (κ1) is 28.0. The van der Waals surface area contributed by atoms with Crippen LogP contribution in [0.2, 0.25) is 0 Å². The van der Waals surface area contributed by atoms with E-state index in [1.54, 1.807) is 6.92 Å². The molecule has 0 radical (unpaired) electrons. The molecule has 1 aliphatic carbocycles. The van der Waals surface area contributed by atoms with Crippen LogP contribution in [-0.4, -0.2) is 54.9 Å². The molecule has 3 rings (SSSR count). The molecule has 1 unspecified atom stereocenters. The van der Waals surface area contributed by atoms with Gasteiger partial charge in [-0.1, -0.05) is 37.5 Å². The number of nitrogens with one attached hydrogen (secondary N) is 1. The number of amides is 2. The Balaban J connectivity index is 1.89. The van der Waals surface area contributed by atoms with Crippen LogP contribution in [0.25, 0.3) is 0 Å². The molecule has 37 heavy (non-hydrogen) atoms. The van der Waals surface area contributed by atoms with E-state index in [0.29, 0.717) is 5.56 Å². The van der Waals surface area contributed by atoms with E-state index in [4.69, 9.17) is 0 Å². The number of carbonyl (C=O) groups excluding carboxylic acids is 2. The van der Waals surface area contributed by atoms with Crippen LogP contribution < -0.4 is 9.62 Å². The molecule has 1 aliphatic rings. The minimum absolute atomic E-state index is 0.00357. The zero-order chi connectivity index (χ0) is 27.2. The summed E-state index contributed by atoms with van der Waals surface area (Å²) in [7, 11) is -4.02. The fourth-order valence-corrected chi connectivity index (χ4v) is 5.15. The summed E-state index contributed by atoms with van der Waals surface area (Å²) in [6.45, 7) is 0.810. The number of halogens is 1. The van der Waals surface area contributed by atoms with Gasteiger partial charge in [0.1, 0.15) is 18.4 Å². The number of hydrogen-bond acceptors (Lipinski definition) is 6. The largest absolute Gasteiger partial charge is 0.352 e. The highest BCUT2D eigenvalue weighted by molar-refractivity contribution is 7.92. The third-order valence-corrected chi connectivity index (χ3v) is 7.53. The van der Waals surface area contributed by atoms with Gasteiger partial charge >= 0.3 is 0 Å². The van der Waals surface area contributed by atoms with Crippen LogP contribution in [0.15, 0.2) is 48.5 Å².